The second-order valence-corrected chi connectivity index (χ2v) is 6.11. The zero-order chi connectivity index (χ0) is 18.1. The molecule has 1 aliphatic rings. The summed E-state index contributed by atoms with van der Waals surface area (Å²) in [6, 6.07) is 5.28. The van der Waals surface area contributed by atoms with Crippen LogP contribution in [0, 0.1) is 5.92 Å². The predicted molar refractivity (Wildman–Crippen MR) is 88.6 cm³/mol. The number of amides is 1. The number of nitrogens with one attached hydrogen (secondary N) is 1. The van der Waals surface area contributed by atoms with Gasteiger partial charge in [0.05, 0.1) is 5.52 Å². The van der Waals surface area contributed by atoms with E-state index in [0.717, 1.165) is 17.6 Å². The van der Waals surface area contributed by atoms with Gasteiger partial charge in [-0.2, -0.15) is 0 Å². The van der Waals surface area contributed by atoms with Crippen LogP contribution in [0.1, 0.15) is 30.1 Å². The second-order valence-electron chi connectivity index (χ2n) is 6.11. The molecule has 0 aliphatic heterocycles. The zero-order valence-corrected chi connectivity index (χ0v) is 13.6. The molecule has 0 radical (unpaired) electrons. The standard InChI is InChI=1S/C17H18N2O6/c1-9(17(23)24)18-15(21)13-14(20)11-4-2-3-5-12(11)19(16(13)22)25-8-10-6-7-10/h2-5,9-10,20H,6-8H2,1H3,(H,18,21)(H,23,24). The molecule has 1 aromatic heterocycles. The van der Waals surface area contributed by atoms with Crippen LogP contribution < -0.4 is 15.7 Å². The van der Waals surface area contributed by atoms with Crippen LogP contribution in [-0.4, -0.2) is 39.5 Å². The maximum atomic E-state index is 12.7. The summed E-state index contributed by atoms with van der Waals surface area (Å²) in [5.74, 6) is -2.34. The summed E-state index contributed by atoms with van der Waals surface area (Å²) in [4.78, 5) is 41.5. The largest absolute Gasteiger partial charge is 0.506 e. The van der Waals surface area contributed by atoms with E-state index >= 15 is 0 Å². The van der Waals surface area contributed by atoms with Crippen molar-refractivity contribution in [1.29, 1.82) is 0 Å². The molecule has 1 fully saturated rings. The fraction of sp³-hybridized carbons (Fsp3) is 0.353. The number of para-hydroxylation sites is 1. The van der Waals surface area contributed by atoms with Gasteiger partial charge in [0, 0.05) is 5.39 Å². The molecule has 8 heteroatoms. The van der Waals surface area contributed by atoms with Gasteiger partial charge < -0.3 is 20.4 Å². The Bertz CT molecular complexity index is 900. The summed E-state index contributed by atoms with van der Waals surface area (Å²) >= 11 is 0. The molecule has 8 nitrogen and oxygen atoms in total. The van der Waals surface area contributed by atoms with Crippen LogP contribution in [0.3, 0.4) is 0 Å². The third-order valence-electron chi connectivity index (χ3n) is 4.09. The van der Waals surface area contributed by atoms with E-state index < -0.39 is 34.8 Å². The van der Waals surface area contributed by atoms with E-state index in [4.69, 9.17) is 9.94 Å². The molecule has 1 saturated carbocycles. The fourth-order valence-corrected chi connectivity index (χ4v) is 2.43. The lowest BCUT2D eigenvalue weighted by atomic mass is 10.1. The Balaban J connectivity index is 2.09. The van der Waals surface area contributed by atoms with Crippen LogP contribution in [0.5, 0.6) is 5.75 Å². The van der Waals surface area contributed by atoms with E-state index in [-0.39, 0.29) is 5.39 Å². The van der Waals surface area contributed by atoms with Crippen molar-refractivity contribution in [1.82, 2.24) is 10.0 Å². The Morgan fingerprint density at radius 2 is 2.04 bits per heavy atom. The number of hydrogen-bond acceptors (Lipinski definition) is 5. The summed E-state index contributed by atoms with van der Waals surface area (Å²) < 4.78 is 0.994. The fourth-order valence-electron chi connectivity index (χ4n) is 2.43. The van der Waals surface area contributed by atoms with E-state index in [0.29, 0.717) is 18.0 Å². The van der Waals surface area contributed by atoms with E-state index in [9.17, 15) is 19.5 Å². The van der Waals surface area contributed by atoms with Gasteiger partial charge in [0.15, 0.2) is 5.56 Å². The molecule has 1 aromatic carbocycles. The van der Waals surface area contributed by atoms with Gasteiger partial charge in [-0.05, 0) is 37.8 Å². The number of benzene rings is 1. The first-order chi connectivity index (χ1) is 11.9. The van der Waals surface area contributed by atoms with Gasteiger partial charge in [-0.25, -0.2) is 0 Å². The molecule has 1 aliphatic carbocycles. The summed E-state index contributed by atoms with van der Waals surface area (Å²) in [6.07, 6.45) is 2.04. The molecule has 0 bridgehead atoms. The van der Waals surface area contributed by atoms with Crippen LogP contribution >= 0.6 is 0 Å². The molecule has 1 amide bonds. The average molecular weight is 346 g/mol. The van der Waals surface area contributed by atoms with Crippen molar-refractivity contribution in [2.45, 2.75) is 25.8 Å². The maximum absolute atomic E-state index is 12.7. The Morgan fingerprint density at radius 3 is 2.68 bits per heavy atom. The minimum atomic E-state index is -1.25. The van der Waals surface area contributed by atoms with Crippen molar-refractivity contribution in [3.63, 3.8) is 0 Å². The van der Waals surface area contributed by atoms with Crippen molar-refractivity contribution in [3.8, 4) is 5.75 Å². The number of carbonyl (C=O) groups excluding carboxylic acids is 1. The number of carboxylic acids is 1. The number of rotatable bonds is 6. The van der Waals surface area contributed by atoms with Crippen molar-refractivity contribution in [2.24, 2.45) is 5.92 Å². The predicted octanol–water partition coefficient (Wildman–Crippen LogP) is 0.749. The number of nitrogens with zero attached hydrogens (tertiary/aromatic N) is 1. The number of hydrogen-bond donors (Lipinski definition) is 3. The van der Waals surface area contributed by atoms with Gasteiger partial charge in [-0.15, -0.1) is 4.73 Å². The van der Waals surface area contributed by atoms with Gasteiger partial charge in [-0.1, -0.05) is 12.1 Å². The van der Waals surface area contributed by atoms with E-state index in [2.05, 4.69) is 5.32 Å². The van der Waals surface area contributed by atoms with Crippen molar-refractivity contribution in [2.75, 3.05) is 6.61 Å². The first-order valence-corrected chi connectivity index (χ1v) is 7.93. The molecule has 1 atom stereocenters. The highest BCUT2D eigenvalue weighted by Gasteiger charge is 2.27. The maximum Gasteiger partial charge on any atom is 0.325 e. The topological polar surface area (TPSA) is 118 Å². The highest BCUT2D eigenvalue weighted by molar-refractivity contribution is 6.03. The Labute approximate surface area is 142 Å². The quantitative estimate of drug-likeness (QED) is 0.710. The minimum absolute atomic E-state index is 0.269. The van der Waals surface area contributed by atoms with Gasteiger partial charge in [-0.3, -0.25) is 14.4 Å². The second kappa shape index (κ2) is 6.46. The SMILES string of the molecule is CC(NC(=O)c1c(O)c2ccccc2n(OCC2CC2)c1=O)C(=O)O. The lowest BCUT2D eigenvalue weighted by Gasteiger charge is -2.16. The molecular formula is C17H18N2O6. The highest BCUT2D eigenvalue weighted by atomic mass is 16.7. The molecule has 0 saturated heterocycles. The third-order valence-corrected chi connectivity index (χ3v) is 4.09. The highest BCUT2D eigenvalue weighted by Crippen LogP contribution is 2.29. The smallest absolute Gasteiger partial charge is 0.325 e. The molecule has 1 unspecified atom stereocenters. The monoisotopic (exact) mass is 346 g/mol. The number of aliphatic carboxylic acids is 1. The van der Waals surface area contributed by atoms with Crippen LogP contribution in [0.15, 0.2) is 29.1 Å². The van der Waals surface area contributed by atoms with Gasteiger partial charge >= 0.3 is 5.97 Å². The number of carbonyl (C=O) groups is 2. The molecule has 0 spiro atoms. The molecule has 3 N–H and O–H groups in total. The van der Waals surface area contributed by atoms with E-state index in [1.165, 1.54) is 6.92 Å². The van der Waals surface area contributed by atoms with Crippen LogP contribution in [0.2, 0.25) is 0 Å². The summed E-state index contributed by atoms with van der Waals surface area (Å²) in [5.41, 5.74) is -1.02. The first-order valence-electron chi connectivity index (χ1n) is 7.93. The molecule has 132 valence electrons. The number of pyridine rings is 1. The van der Waals surface area contributed by atoms with Crippen molar-refractivity contribution < 1.29 is 24.6 Å². The van der Waals surface area contributed by atoms with Gasteiger partial charge in [0.2, 0.25) is 0 Å². The number of aromatic hydroxyl groups is 1. The molecule has 1 heterocycles. The van der Waals surface area contributed by atoms with E-state index in [1.54, 1.807) is 24.3 Å². The van der Waals surface area contributed by atoms with Crippen LogP contribution in [0.4, 0.5) is 0 Å². The van der Waals surface area contributed by atoms with Crippen molar-refractivity contribution in [3.05, 3.63) is 40.2 Å². The number of carboxylic acid groups (broad SMARTS) is 1. The zero-order valence-electron chi connectivity index (χ0n) is 13.6. The van der Waals surface area contributed by atoms with E-state index in [1.807, 2.05) is 0 Å². The van der Waals surface area contributed by atoms with Gasteiger partial charge in [0.1, 0.15) is 18.4 Å². The summed E-state index contributed by atoms with van der Waals surface area (Å²) in [5, 5.41) is 21.7. The Morgan fingerprint density at radius 1 is 1.36 bits per heavy atom. The van der Waals surface area contributed by atoms with Crippen LogP contribution in [-0.2, 0) is 4.79 Å². The lowest BCUT2D eigenvalue weighted by Crippen LogP contribution is -2.42. The normalized spacial score (nSPS) is 14.9. The average Bonchev–Trinajstić information content (AvgIpc) is 3.39. The Hall–Kier alpha value is -3.03. The molecular weight excluding hydrogens is 328 g/mol. The molecule has 2 aromatic rings. The number of fused-ring (bicyclic) bond motifs is 1. The van der Waals surface area contributed by atoms with Gasteiger partial charge in [0.25, 0.3) is 11.5 Å². The molecule has 3 rings (SSSR count). The molecule has 25 heavy (non-hydrogen) atoms. The Kier molecular flexibility index (Phi) is 4.35. The number of aromatic nitrogens is 1. The third kappa shape index (κ3) is 3.28. The summed E-state index contributed by atoms with van der Waals surface area (Å²) in [7, 11) is 0. The lowest BCUT2D eigenvalue weighted by molar-refractivity contribution is -0.138. The van der Waals surface area contributed by atoms with Crippen molar-refractivity contribution >= 4 is 22.8 Å². The minimum Gasteiger partial charge on any atom is -0.506 e. The summed E-state index contributed by atoms with van der Waals surface area (Å²) in [6.45, 7) is 1.60. The van der Waals surface area contributed by atoms with Crippen LogP contribution in [0.25, 0.3) is 10.9 Å². The first kappa shape index (κ1) is 16.8.